The van der Waals surface area contributed by atoms with Crippen LogP contribution in [0.1, 0.15) is 50.2 Å². The van der Waals surface area contributed by atoms with Crippen molar-refractivity contribution in [2.24, 2.45) is 0 Å². The molecular formula is C16H21ClO2. The standard InChI is InChI=1S/C16H21ClO2/c1-3-8-19-16(6-4-15(18)5-7-16)13-9-12(2)10-14(17)11-13/h9-11H,3-8H2,1-2H3. The van der Waals surface area contributed by atoms with Crippen LogP contribution in [0.2, 0.25) is 5.02 Å². The molecule has 0 aliphatic heterocycles. The molecule has 0 unspecified atom stereocenters. The Labute approximate surface area is 120 Å². The number of hydrogen-bond acceptors (Lipinski definition) is 2. The fourth-order valence-corrected chi connectivity index (χ4v) is 3.04. The quantitative estimate of drug-likeness (QED) is 0.816. The Balaban J connectivity index is 2.33. The van der Waals surface area contributed by atoms with E-state index >= 15 is 0 Å². The first kappa shape index (κ1) is 14.5. The van der Waals surface area contributed by atoms with Crippen molar-refractivity contribution in [1.29, 1.82) is 0 Å². The highest BCUT2D eigenvalue weighted by Crippen LogP contribution is 2.40. The molecule has 0 heterocycles. The number of ketones is 1. The Bertz CT molecular complexity index is 438. The van der Waals surface area contributed by atoms with Gasteiger partial charge in [-0.25, -0.2) is 0 Å². The van der Waals surface area contributed by atoms with Crippen molar-refractivity contribution in [3.63, 3.8) is 0 Å². The summed E-state index contributed by atoms with van der Waals surface area (Å²) in [5.74, 6) is 0.342. The van der Waals surface area contributed by atoms with E-state index in [9.17, 15) is 4.79 Å². The van der Waals surface area contributed by atoms with Crippen LogP contribution in [0, 0.1) is 6.92 Å². The third kappa shape index (κ3) is 3.37. The topological polar surface area (TPSA) is 26.3 Å². The van der Waals surface area contributed by atoms with Gasteiger partial charge in [0.05, 0.1) is 5.60 Å². The maximum atomic E-state index is 11.5. The lowest BCUT2D eigenvalue weighted by Crippen LogP contribution is -2.35. The van der Waals surface area contributed by atoms with Gasteiger partial charge >= 0.3 is 0 Å². The number of carbonyl (C=O) groups excluding carboxylic acids is 1. The van der Waals surface area contributed by atoms with Crippen molar-refractivity contribution in [2.75, 3.05) is 6.61 Å². The van der Waals surface area contributed by atoms with Crippen LogP contribution >= 0.6 is 11.6 Å². The molecule has 0 aromatic heterocycles. The average molecular weight is 281 g/mol. The lowest BCUT2D eigenvalue weighted by Gasteiger charge is -2.37. The van der Waals surface area contributed by atoms with E-state index in [-0.39, 0.29) is 5.60 Å². The fraction of sp³-hybridized carbons (Fsp3) is 0.562. The predicted molar refractivity (Wildman–Crippen MR) is 77.6 cm³/mol. The number of carbonyl (C=O) groups is 1. The minimum Gasteiger partial charge on any atom is -0.370 e. The molecule has 1 aromatic rings. The van der Waals surface area contributed by atoms with Crippen LogP contribution in [-0.4, -0.2) is 12.4 Å². The summed E-state index contributed by atoms with van der Waals surface area (Å²) in [6.45, 7) is 4.86. The number of aryl methyl sites for hydroxylation is 1. The van der Waals surface area contributed by atoms with Crippen molar-refractivity contribution >= 4 is 17.4 Å². The largest absolute Gasteiger partial charge is 0.370 e. The van der Waals surface area contributed by atoms with E-state index in [1.54, 1.807) is 0 Å². The molecule has 0 bridgehead atoms. The summed E-state index contributed by atoms with van der Waals surface area (Å²) in [5.41, 5.74) is 1.94. The van der Waals surface area contributed by atoms with Gasteiger partial charge in [-0.1, -0.05) is 24.6 Å². The molecule has 1 aromatic carbocycles. The lowest BCUT2D eigenvalue weighted by atomic mass is 9.78. The van der Waals surface area contributed by atoms with Crippen LogP contribution in [0.4, 0.5) is 0 Å². The van der Waals surface area contributed by atoms with Gasteiger partial charge in [-0.2, -0.15) is 0 Å². The van der Waals surface area contributed by atoms with Gasteiger partial charge in [0.1, 0.15) is 5.78 Å². The van der Waals surface area contributed by atoms with Gasteiger partial charge < -0.3 is 4.74 Å². The maximum Gasteiger partial charge on any atom is 0.133 e. The van der Waals surface area contributed by atoms with Crippen molar-refractivity contribution in [1.82, 2.24) is 0 Å². The normalized spacial score (nSPS) is 18.6. The van der Waals surface area contributed by atoms with Gasteiger partial charge in [0.2, 0.25) is 0 Å². The summed E-state index contributed by atoms with van der Waals surface area (Å²) in [6, 6.07) is 6.07. The number of Topliss-reactive ketones (excluding diaryl/α,β-unsaturated/α-hetero) is 1. The molecule has 1 fully saturated rings. The third-order valence-corrected chi connectivity index (χ3v) is 3.98. The Kier molecular flexibility index (Phi) is 4.64. The number of rotatable bonds is 4. The summed E-state index contributed by atoms with van der Waals surface area (Å²) < 4.78 is 6.15. The molecule has 0 atom stereocenters. The molecule has 0 spiro atoms. The van der Waals surface area contributed by atoms with Gasteiger partial charge in [0.25, 0.3) is 0 Å². The SMILES string of the molecule is CCCOC1(c2cc(C)cc(Cl)c2)CCC(=O)CC1. The van der Waals surface area contributed by atoms with Crippen molar-refractivity contribution in [3.05, 3.63) is 34.3 Å². The molecule has 3 heteroatoms. The van der Waals surface area contributed by atoms with Crippen LogP contribution in [0.3, 0.4) is 0 Å². The molecule has 0 radical (unpaired) electrons. The Morgan fingerprint density at radius 3 is 2.53 bits per heavy atom. The van der Waals surface area contributed by atoms with Crippen LogP contribution in [-0.2, 0) is 15.1 Å². The van der Waals surface area contributed by atoms with E-state index in [1.807, 2.05) is 19.1 Å². The van der Waals surface area contributed by atoms with Gasteiger partial charge in [0.15, 0.2) is 0 Å². The van der Waals surface area contributed by atoms with Crippen LogP contribution in [0.15, 0.2) is 18.2 Å². The molecule has 1 saturated carbocycles. The number of hydrogen-bond donors (Lipinski definition) is 0. The van der Waals surface area contributed by atoms with Gasteiger partial charge in [0, 0.05) is 24.5 Å². The predicted octanol–water partition coefficient (Wildman–Crippen LogP) is 4.41. The molecule has 104 valence electrons. The Morgan fingerprint density at radius 2 is 1.95 bits per heavy atom. The van der Waals surface area contributed by atoms with Gasteiger partial charge in [-0.3, -0.25) is 4.79 Å². The van der Waals surface area contributed by atoms with Gasteiger partial charge in [-0.05, 0) is 49.4 Å². The second-order valence-corrected chi connectivity index (χ2v) is 5.84. The molecule has 2 nitrogen and oxygen atoms in total. The summed E-state index contributed by atoms with van der Waals surface area (Å²) in [6.07, 6.45) is 3.73. The maximum absolute atomic E-state index is 11.5. The lowest BCUT2D eigenvalue weighted by molar-refractivity contribution is -0.130. The third-order valence-electron chi connectivity index (χ3n) is 3.77. The highest BCUT2D eigenvalue weighted by Gasteiger charge is 2.37. The van der Waals surface area contributed by atoms with Gasteiger partial charge in [-0.15, -0.1) is 0 Å². The van der Waals surface area contributed by atoms with Crippen LogP contribution in [0.25, 0.3) is 0 Å². The summed E-state index contributed by atoms with van der Waals surface area (Å²) in [7, 11) is 0. The zero-order valence-corrected chi connectivity index (χ0v) is 12.4. The highest BCUT2D eigenvalue weighted by molar-refractivity contribution is 6.30. The molecule has 1 aliphatic carbocycles. The van der Waals surface area contributed by atoms with Crippen molar-refractivity contribution in [3.8, 4) is 0 Å². The van der Waals surface area contributed by atoms with E-state index in [4.69, 9.17) is 16.3 Å². The van der Waals surface area contributed by atoms with E-state index < -0.39 is 0 Å². The van der Waals surface area contributed by atoms with Crippen molar-refractivity contribution in [2.45, 2.75) is 51.6 Å². The number of ether oxygens (including phenoxy) is 1. The van der Waals surface area contributed by atoms with E-state index in [0.717, 1.165) is 42.0 Å². The first-order valence-corrected chi connectivity index (χ1v) is 7.37. The molecular weight excluding hydrogens is 260 g/mol. The molecule has 0 saturated heterocycles. The van der Waals surface area contributed by atoms with Crippen LogP contribution in [0.5, 0.6) is 0 Å². The minimum atomic E-state index is -0.320. The van der Waals surface area contributed by atoms with E-state index in [1.165, 1.54) is 0 Å². The monoisotopic (exact) mass is 280 g/mol. The molecule has 0 N–H and O–H groups in total. The zero-order valence-electron chi connectivity index (χ0n) is 11.7. The minimum absolute atomic E-state index is 0.320. The first-order valence-electron chi connectivity index (χ1n) is 6.99. The van der Waals surface area contributed by atoms with E-state index in [0.29, 0.717) is 18.6 Å². The molecule has 0 amide bonds. The molecule has 19 heavy (non-hydrogen) atoms. The summed E-state index contributed by atoms with van der Waals surface area (Å²) >= 11 is 6.17. The Morgan fingerprint density at radius 1 is 1.26 bits per heavy atom. The summed E-state index contributed by atoms with van der Waals surface area (Å²) in [5, 5.41) is 0.742. The highest BCUT2D eigenvalue weighted by atomic mass is 35.5. The molecule has 1 aliphatic rings. The second-order valence-electron chi connectivity index (χ2n) is 5.40. The average Bonchev–Trinajstić information content (AvgIpc) is 2.37. The smallest absolute Gasteiger partial charge is 0.133 e. The number of benzene rings is 1. The summed E-state index contributed by atoms with van der Waals surface area (Å²) in [4.78, 5) is 11.5. The van der Waals surface area contributed by atoms with Crippen molar-refractivity contribution < 1.29 is 9.53 Å². The molecule has 2 rings (SSSR count). The van der Waals surface area contributed by atoms with E-state index in [2.05, 4.69) is 13.0 Å². The zero-order chi connectivity index (χ0) is 13.9. The first-order chi connectivity index (χ1) is 9.05. The Hall–Kier alpha value is -0.860. The van der Waals surface area contributed by atoms with Crippen LogP contribution < -0.4 is 0 Å². The second kappa shape index (κ2) is 6.06. The number of halogens is 1. The fourth-order valence-electron chi connectivity index (χ4n) is 2.75.